The third-order valence-electron chi connectivity index (χ3n) is 5.35. The number of thiophene rings is 1. The van der Waals surface area contributed by atoms with Crippen molar-refractivity contribution in [2.75, 3.05) is 5.32 Å². The minimum atomic E-state index is -0.0211. The van der Waals surface area contributed by atoms with E-state index in [2.05, 4.69) is 29.4 Å². The molecule has 3 heterocycles. The van der Waals surface area contributed by atoms with Crippen LogP contribution in [0.25, 0.3) is 16.0 Å². The van der Waals surface area contributed by atoms with Crippen molar-refractivity contribution in [2.24, 2.45) is 5.92 Å². The minimum absolute atomic E-state index is 0.00502. The van der Waals surface area contributed by atoms with Crippen molar-refractivity contribution in [1.29, 1.82) is 0 Å². The van der Waals surface area contributed by atoms with Crippen LogP contribution < -0.4 is 10.9 Å². The lowest BCUT2D eigenvalue weighted by Crippen LogP contribution is -2.23. The first-order valence-corrected chi connectivity index (χ1v) is 11.5. The van der Waals surface area contributed by atoms with Gasteiger partial charge in [-0.3, -0.25) is 18.6 Å². The lowest BCUT2D eigenvalue weighted by atomic mass is 10.1. The van der Waals surface area contributed by atoms with Crippen LogP contribution in [0.3, 0.4) is 0 Å². The third-order valence-corrected chi connectivity index (χ3v) is 6.24. The van der Waals surface area contributed by atoms with E-state index in [4.69, 9.17) is 0 Å². The monoisotopic (exact) mass is 437 g/mol. The van der Waals surface area contributed by atoms with Gasteiger partial charge in [0.05, 0.1) is 5.52 Å². The molecule has 8 heteroatoms. The largest absolute Gasteiger partial charge is 0.326 e. The Balaban J connectivity index is 1.52. The molecule has 1 amide bonds. The molecule has 31 heavy (non-hydrogen) atoms. The molecular formula is C23H27N5O2S. The number of hydrogen-bond acceptors (Lipinski definition) is 5. The second-order valence-corrected chi connectivity index (χ2v) is 9.21. The van der Waals surface area contributed by atoms with Crippen molar-refractivity contribution in [2.45, 2.75) is 53.0 Å². The molecule has 0 aliphatic heterocycles. The molecule has 4 aromatic rings. The molecule has 4 rings (SSSR count). The number of amides is 1. The molecule has 1 N–H and O–H groups in total. The lowest BCUT2D eigenvalue weighted by Gasteiger charge is -2.11. The Morgan fingerprint density at radius 2 is 1.94 bits per heavy atom. The number of aryl methyl sites for hydroxylation is 3. The Hall–Kier alpha value is -3.00. The summed E-state index contributed by atoms with van der Waals surface area (Å²) in [6.07, 6.45) is 2.54. The van der Waals surface area contributed by atoms with E-state index in [0.717, 1.165) is 33.7 Å². The van der Waals surface area contributed by atoms with Crippen LogP contribution in [0.5, 0.6) is 0 Å². The van der Waals surface area contributed by atoms with Gasteiger partial charge in [-0.15, -0.1) is 21.5 Å². The second-order valence-electron chi connectivity index (χ2n) is 8.29. The Kier molecular flexibility index (Phi) is 6.18. The van der Waals surface area contributed by atoms with Gasteiger partial charge in [-0.25, -0.2) is 0 Å². The Bertz CT molecular complexity index is 1270. The second kappa shape index (κ2) is 9.01. The van der Waals surface area contributed by atoms with Crippen LogP contribution in [0.4, 0.5) is 5.69 Å². The molecule has 0 unspecified atom stereocenters. The molecule has 3 aromatic heterocycles. The highest BCUT2D eigenvalue weighted by Crippen LogP contribution is 2.21. The summed E-state index contributed by atoms with van der Waals surface area (Å²) in [7, 11) is 0. The summed E-state index contributed by atoms with van der Waals surface area (Å²) >= 11 is 1.45. The predicted octanol–water partition coefficient (Wildman–Crippen LogP) is 4.42. The number of carbonyl (C=O) groups excluding carboxylic acids is 1. The molecule has 0 saturated heterocycles. The smallest absolute Gasteiger partial charge is 0.272 e. The molecular weight excluding hydrogens is 410 g/mol. The van der Waals surface area contributed by atoms with Crippen LogP contribution >= 0.6 is 11.3 Å². The zero-order valence-electron chi connectivity index (χ0n) is 18.1. The Morgan fingerprint density at radius 3 is 2.68 bits per heavy atom. The highest BCUT2D eigenvalue weighted by atomic mass is 32.1. The summed E-state index contributed by atoms with van der Waals surface area (Å²) in [5.74, 6) is 1.82. The molecule has 7 nitrogen and oxygen atoms in total. The predicted molar refractivity (Wildman–Crippen MR) is 125 cm³/mol. The number of aromatic nitrogens is 4. The fourth-order valence-electron chi connectivity index (χ4n) is 3.60. The van der Waals surface area contributed by atoms with Gasteiger partial charge in [0, 0.05) is 25.1 Å². The molecule has 0 atom stereocenters. The first kappa shape index (κ1) is 21.2. The summed E-state index contributed by atoms with van der Waals surface area (Å²) in [5.41, 5.74) is 2.80. The SMILES string of the molecule is Cc1ccc(NC(=O)CCCc2nnc3n(CCC(C)C)c(=O)c4sccc4n23)cc1. The lowest BCUT2D eigenvalue weighted by molar-refractivity contribution is -0.116. The van der Waals surface area contributed by atoms with Gasteiger partial charge in [0.25, 0.3) is 5.56 Å². The van der Waals surface area contributed by atoms with Crippen LogP contribution in [-0.2, 0) is 17.8 Å². The van der Waals surface area contributed by atoms with Crippen LogP contribution in [0.15, 0.2) is 40.5 Å². The van der Waals surface area contributed by atoms with E-state index in [9.17, 15) is 9.59 Å². The van der Waals surface area contributed by atoms with Gasteiger partial charge in [0.15, 0.2) is 0 Å². The van der Waals surface area contributed by atoms with E-state index in [0.29, 0.717) is 37.5 Å². The maximum atomic E-state index is 13.0. The summed E-state index contributed by atoms with van der Waals surface area (Å²) < 4.78 is 4.43. The van der Waals surface area contributed by atoms with E-state index >= 15 is 0 Å². The zero-order valence-corrected chi connectivity index (χ0v) is 18.9. The van der Waals surface area contributed by atoms with Crippen molar-refractivity contribution in [1.82, 2.24) is 19.2 Å². The molecule has 0 radical (unpaired) electrons. The maximum Gasteiger partial charge on any atom is 0.272 e. The summed E-state index contributed by atoms with van der Waals surface area (Å²) in [5, 5.41) is 13.6. The van der Waals surface area contributed by atoms with Gasteiger partial charge in [0.1, 0.15) is 10.5 Å². The first-order valence-electron chi connectivity index (χ1n) is 10.6. The van der Waals surface area contributed by atoms with Crippen molar-refractivity contribution in [3.63, 3.8) is 0 Å². The van der Waals surface area contributed by atoms with E-state index in [1.54, 1.807) is 4.57 Å². The van der Waals surface area contributed by atoms with E-state index < -0.39 is 0 Å². The van der Waals surface area contributed by atoms with E-state index in [1.165, 1.54) is 11.3 Å². The highest BCUT2D eigenvalue weighted by molar-refractivity contribution is 7.17. The summed E-state index contributed by atoms with van der Waals surface area (Å²) in [6, 6.07) is 9.70. The van der Waals surface area contributed by atoms with Gasteiger partial charge in [0.2, 0.25) is 11.7 Å². The van der Waals surface area contributed by atoms with Gasteiger partial charge in [-0.2, -0.15) is 0 Å². The van der Waals surface area contributed by atoms with E-state index in [-0.39, 0.29) is 11.5 Å². The third kappa shape index (κ3) is 4.54. The maximum absolute atomic E-state index is 13.0. The van der Waals surface area contributed by atoms with Gasteiger partial charge < -0.3 is 5.32 Å². The van der Waals surface area contributed by atoms with Crippen molar-refractivity contribution in [3.8, 4) is 0 Å². The number of carbonyl (C=O) groups is 1. The van der Waals surface area contributed by atoms with Crippen LogP contribution in [0.1, 0.15) is 44.5 Å². The average Bonchev–Trinajstić information content (AvgIpc) is 3.37. The number of hydrogen-bond donors (Lipinski definition) is 1. The highest BCUT2D eigenvalue weighted by Gasteiger charge is 2.17. The van der Waals surface area contributed by atoms with Crippen LogP contribution in [0.2, 0.25) is 0 Å². The molecule has 0 aliphatic carbocycles. The summed E-state index contributed by atoms with van der Waals surface area (Å²) in [4.78, 5) is 25.3. The minimum Gasteiger partial charge on any atom is -0.326 e. The Labute approximate surface area is 184 Å². The zero-order chi connectivity index (χ0) is 22.0. The van der Waals surface area contributed by atoms with Crippen LogP contribution in [-0.4, -0.2) is 25.1 Å². The van der Waals surface area contributed by atoms with E-state index in [1.807, 2.05) is 47.0 Å². The summed E-state index contributed by atoms with van der Waals surface area (Å²) in [6.45, 7) is 6.91. The van der Waals surface area contributed by atoms with Gasteiger partial charge >= 0.3 is 0 Å². The number of rotatable bonds is 8. The topological polar surface area (TPSA) is 81.3 Å². The number of anilines is 1. The Morgan fingerprint density at radius 1 is 1.16 bits per heavy atom. The standard InChI is InChI=1S/C23H27N5O2S/c1-15(2)11-13-27-22(30)21-18(12-14-31-21)28-19(25-26-23(27)28)5-4-6-20(29)24-17-9-7-16(3)8-10-17/h7-10,12,14-15H,4-6,11,13H2,1-3H3,(H,24,29). The van der Waals surface area contributed by atoms with Gasteiger partial charge in [-0.1, -0.05) is 31.5 Å². The van der Waals surface area contributed by atoms with Crippen molar-refractivity contribution < 1.29 is 4.79 Å². The first-order chi connectivity index (χ1) is 14.9. The molecule has 0 fully saturated rings. The molecule has 0 aliphatic rings. The molecule has 0 spiro atoms. The number of fused-ring (bicyclic) bond motifs is 3. The molecule has 1 aromatic carbocycles. The average molecular weight is 438 g/mol. The molecule has 162 valence electrons. The fourth-order valence-corrected chi connectivity index (χ4v) is 4.42. The van der Waals surface area contributed by atoms with Crippen LogP contribution in [0, 0.1) is 12.8 Å². The molecule has 0 bridgehead atoms. The number of nitrogens with one attached hydrogen (secondary N) is 1. The normalized spacial score (nSPS) is 11.6. The van der Waals surface area contributed by atoms with Gasteiger partial charge in [-0.05, 0) is 49.3 Å². The number of benzene rings is 1. The van der Waals surface area contributed by atoms with Crippen molar-refractivity contribution in [3.05, 3.63) is 57.5 Å². The number of nitrogens with zero attached hydrogens (tertiary/aromatic N) is 4. The quantitative estimate of drug-likeness (QED) is 0.442. The molecule has 0 saturated carbocycles. The fraction of sp³-hybridized carbons (Fsp3) is 0.391. The van der Waals surface area contributed by atoms with Crippen molar-refractivity contribution >= 4 is 38.9 Å².